The van der Waals surface area contributed by atoms with Crippen LogP contribution in [0.5, 0.6) is 0 Å². The molecule has 4 aromatic rings. The number of thiazole rings is 1. The first-order chi connectivity index (χ1) is 11.7. The summed E-state index contributed by atoms with van der Waals surface area (Å²) >= 11 is 1.84. The van der Waals surface area contributed by atoms with Crippen molar-refractivity contribution in [1.82, 2.24) is 0 Å². The number of hydrogen-bond acceptors (Lipinski definition) is 2. The van der Waals surface area contributed by atoms with Crippen LogP contribution in [0.4, 0.5) is 5.69 Å². The van der Waals surface area contributed by atoms with E-state index in [9.17, 15) is 0 Å². The Labute approximate surface area is 146 Å². The molecule has 0 aliphatic rings. The summed E-state index contributed by atoms with van der Waals surface area (Å²) in [5, 5.41) is 1.26. The molecule has 0 saturated heterocycles. The van der Waals surface area contributed by atoms with E-state index in [-0.39, 0.29) is 0 Å². The van der Waals surface area contributed by atoms with Crippen molar-refractivity contribution in [2.24, 2.45) is 0 Å². The second kappa shape index (κ2) is 6.10. The highest BCUT2D eigenvalue weighted by molar-refractivity contribution is 7.21. The smallest absolute Gasteiger partial charge is 0.275 e. The van der Waals surface area contributed by atoms with Crippen LogP contribution in [-0.4, -0.2) is 14.1 Å². The number of benzene rings is 3. The fourth-order valence-electron chi connectivity index (χ4n) is 2.91. The molecule has 0 unspecified atom stereocenters. The average Bonchev–Trinajstić information content (AvgIpc) is 3.02. The Bertz CT molecular complexity index is 970. The van der Waals surface area contributed by atoms with Gasteiger partial charge in [0, 0.05) is 38.0 Å². The third-order valence-corrected chi connectivity index (χ3v) is 5.34. The first-order valence-corrected chi connectivity index (χ1v) is 8.82. The predicted octanol–water partition coefficient (Wildman–Crippen LogP) is 4.91. The number of anilines is 1. The lowest BCUT2D eigenvalue weighted by atomic mass is 10.2. The molecule has 3 heteroatoms. The van der Waals surface area contributed by atoms with Crippen LogP contribution in [0, 0.1) is 0 Å². The van der Waals surface area contributed by atoms with Gasteiger partial charge in [0.05, 0.1) is 5.56 Å². The summed E-state index contributed by atoms with van der Waals surface area (Å²) in [6.07, 6.45) is 0. The standard InChI is InChI=1S/C21H19N2S/c1-22(2)17-14-12-16(13-15-17)21-23(18-8-4-3-5-9-18)19-10-6-7-11-20(19)24-21/h3-15H,1-2H3/q+1. The molecule has 0 bridgehead atoms. The van der Waals surface area contributed by atoms with Gasteiger partial charge in [-0.15, -0.1) is 4.57 Å². The molecule has 4 rings (SSSR count). The topological polar surface area (TPSA) is 7.12 Å². The lowest BCUT2D eigenvalue weighted by Crippen LogP contribution is -2.31. The summed E-state index contributed by atoms with van der Waals surface area (Å²) in [7, 11) is 4.14. The Balaban J connectivity index is 1.95. The van der Waals surface area contributed by atoms with E-state index in [1.807, 2.05) is 11.3 Å². The minimum Gasteiger partial charge on any atom is -0.378 e. The molecule has 1 heterocycles. The maximum Gasteiger partial charge on any atom is 0.275 e. The van der Waals surface area contributed by atoms with Crippen LogP contribution in [0.25, 0.3) is 26.5 Å². The molecule has 0 aliphatic carbocycles. The van der Waals surface area contributed by atoms with Gasteiger partial charge in [0.25, 0.3) is 5.01 Å². The number of nitrogens with zero attached hydrogens (tertiary/aromatic N) is 2. The zero-order valence-corrected chi connectivity index (χ0v) is 14.6. The van der Waals surface area contributed by atoms with Crippen LogP contribution in [0.1, 0.15) is 0 Å². The van der Waals surface area contributed by atoms with E-state index in [4.69, 9.17) is 0 Å². The second-order valence-corrected chi connectivity index (χ2v) is 7.02. The van der Waals surface area contributed by atoms with Crippen molar-refractivity contribution >= 4 is 27.2 Å². The van der Waals surface area contributed by atoms with Crippen LogP contribution >= 0.6 is 11.3 Å². The molecule has 3 aromatic carbocycles. The van der Waals surface area contributed by atoms with Gasteiger partial charge in [0.1, 0.15) is 4.70 Å². The van der Waals surface area contributed by atoms with Gasteiger partial charge >= 0.3 is 0 Å². The van der Waals surface area contributed by atoms with Gasteiger partial charge in [-0.05, 0) is 30.3 Å². The Hall–Kier alpha value is -2.65. The Morgan fingerprint density at radius 1 is 0.750 bits per heavy atom. The number of rotatable bonds is 3. The van der Waals surface area contributed by atoms with E-state index in [0.29, 0.717) is 0 Å². The summed E-state index contributed by atoms with van der Waals surface area (Å²) < 4.78 is 3.65. The predicted molar refractivity (Wildman–Crippen MR) is 103 cm³/mol. The largest absolute Gasteiger partial charge is 0.378 e. The summed E-state index contributed by atoms with van der Waals surface area (Å²) in [6.45, 7) is 0. The zero-order valence-electron chi connectivity index (χ0n) is 13.8. The molecule has 1 aromatic heterocycles. The summed E-state index contributed by atoms with van der Waals surface area (Å²) in [5.41, 5.74) is 4.90. The van der Waals surface area contributed by atoms with Crippen LogP contribution in [0.2, 0.25) is 0 Å². The first-order valence-electron chi connectivity index (χ1n) is 8.01. The van der Waals surface area contributed by atoms with Gasteiger partial charge in [0.15, 0.2) is 0 Å². The van der Waals surface area contributed by atoms with E-state index in [1.165, 1.54) is 32.2 Å². The maximum absolute atomic E-state index is 2.35. The van der Waals surface area contributed by atoms with Crippen molar-refractivity contribution in [3.05, 3.63) is 78.9 Å². The summed E-state index contributed by atoms with van der Waals surface area (Å²) in [4.78, 5) is 2.12. The Kier molecular flexibility index (Phi) is 3.79. The summed E-state index contributed by atoms with van der Waals surface area (Å²) in [6, 6.07) is 27.9. The number of para-hydroxylation sites is 2. The van der Waals surface area contributed by atoms with Gasteiger partial charge < -0.3 is 4.90 Å². The number of hydrogen-bond donors (Lipinski definition) is 0. The minimum atomic E-state index is 1.20. The molecule has 0 radical (unpaired) electrons. The highest BCUT2D eigenvalue weighted by Crippen LogP contribution is 2.31. The zero-order chi connectivity index (χ0) is 16.5. The number of aromatic nitrogens is 1. The third-order valence-electron chi connectivity index (χ3n) is 4.16. The lowest BCUT2D eigenvalue weighted by molar-refractivity contribution is -0.550. The van der Waals surface area contributed by atoms with E-state index >= 15 is 0 Å². The van der Waals surface area contributed by atoms with Crippen molar-refractivity contribution in [2.75, 3.05) is 19.0 Å². The van der Waals surface area contributed by atoms with Gasteiger partial charge in [0.2, 0.25) is 11.2 Å². The Morgan fingerprint density at radius 3 is 2.12 bits per heavy atom. The van der Waals surface area contributed by atoms with Crippen molar-refractivity contribution in [1.29, 1.82) is 0 Å². The van der Waals surface area contributed by atoms with Crippen molar-refractivity contribution in [3.8, 4) is 16.3 Å². The van der Waals surface area contributed by atoms with E-state index in [0.717, 1.165) is 0 Å². The molecular weight excluding hydrogens is 312 g/mol. The van der Waals surface area contributed by atoms with E-state index in [2.05, 4.69) is 102 Å². The van der Waals surface area contributed by atoms with Crippen molar-refractivity contribution in [3.63, 3.8) is 0 Å². The molecule has 2 nitrogen and oxygen atoms in total. The second-order valence-electron chi connectivity index (χ2n) is 5.99. The molecule has 0 saturated carbocycles. The fraction of sp³-hybridized carbons (Fsp3) is 0.0952. The molecule has 118 valence electrons. The SMILES string of the molecule is CN(C)c1ccc(-c2sc3ccccc3[n+]2-c2ccccc2)cc1. The van der Waals surface area contributed by atoms with Crippen LogP contribution < -0.4 is 9.47 Å². The summed E-state index contributed by atoms with van der Waals surface area (Å²) in [5.74, 6) is 0. The van der Waals surface area contributed by atoms with E-state index < -0.39 is 0 Å². The molecule has 0 N–H and O–H groups in total. The van der Waals surface area contributed by atoms with Crippen LogP contribution in [0.15, 0.2) is 78.9 Å². The van der Waals surface area contributed by atoms with Crippen LogP contribution in [-0.2, 0) is 0 Å². The highest BCUT2D eigenvalue weighted by Gasteiger charge is 2.23. The molecule has 0 fully saturated rings. The van der Waals surface area contributed by atoms with Gasteiger partial charge in [-0.3, -0.25) is 0 Å². The molecule has 0 spiro atoms. The van der Waals surface area contributed by atoms with Crippen molar-refractivity contribution in [2.45, 2.75) is 0 Å². The van der Waals surface area contributed by atoms with Gasteiger partial charge in [-0.1, -0.05) is 41.7 Å². The number of fused-ring (bicyclic) bond motifs is 1. The monoisotopic (exact) mass is 331 g/mol. The van der Waals surface area contributed by atoms with Gasteiger partial charge in [-0.2, -0.15) is 0 Å². The van der Waals surface area contributed by atoms with E-state index in [1.54, 1.807) is 0 Å². The molecule has 0 amide bonds. The van der Waals surface area contributed by atoms with Crippen molar-refractivity contribution < 1.29 is 4.57 Å². The molecule has 24 heavy (non-hydrogen) atoms. The average molecular weight is 331 g/mol. The third kappa shape index (κ3) is 2.57. The Morgan fingerprint density at radius 2 is 1.42 bits per heavy atom. The first kappa shape index (κ1) is 14.9. The molecule has 0 atom stereocenters. The van der Waals surface area contributed by atoms with Gasteiger partial charge in [-0.25, -0.2) is 0 Å². The minimum absolute atomic E-state index is 1.20. The highest BCUT2D eigenvalue weighted by atomic mass is 32.1. The molecule has 0 aliphatic heterocycles. The normalized spacial score (nSPS) is 10.9. The maximum atomic E-state index is 2.35. The van der Waals surface area contributed by atoms with Crippen LogP contribution in [0.3, 0.4) is 0 Å². The fourth-order valence-corrected chi connectivity index (χ4v) is 4.08. The molecular formula is C21H19N2S+. The lowest BCUT2D eigenvalue weighted by Gasteiger charge is -2.11. The quantitative estimate of drug-likeness (QED) is 0.484.